The van der Waals surface area contributed by atoms with Crippen LogP contribution in [0.5, 0.6) is 0 Å². The van der Waals surface area contributed by atoms with Crippen LogP contribution in [0.25, 0.3) is 17.0 Å². The number of nitrogens with zero attached hydrogens (tertiary/aromatic N) is 3. The highest BCUT2D eigenvalue weighted by atomic mass is 16.1. The highest BCUT2D eigenvalue weighted by molar-refractivity contribution is 5.61. The molecule has 1 aromatic carbocycles. The van der Waals surface area contributed by atoms with Crippen LogP contribution >= 0.6 is 0 Å². The molecule has 3 rings (SSSR count). The lowest BCUT2D eigenvalue weighted by Gasteiger charge is -2.08. The van der Waals surface area contributed by atoms with Gasteiger partial charge in [0.05, 0.1) is 5.69 Å². The highest BCUT2D eigenvalue weighted by Crippen LogP contribution is 2.18. The Hall–Kier alpha value is -2.36. The first-order valence-corrected chi connectivity index (χ1v) is 6.35. The molecule has 0 aliphatic carbocycles. The summed E-state index contributed by atoms with van der Waals surface area (Å²) >= 11 is 0. The lowest BCUT2D eigenvalue weighted by atomic mass is 10.2. The van der Waals surface area contributed by atoms with Crippen LogP contribution in [0.15, 0.2) is 47.4 Å². The van der Waals surface area contributed by atoms with Crippen molar-refractivity contribution < 1.29 is 0 Å². The zero-order valence-corrected chi connectivity index (χ0v) is 11.0. The zero-order valence-electron chi connectivity index (χ0n) is 11.0. The number of imidazole rings is 1. The molecule has 0 aliphatic rings. The van der Waals surface area contributed by atoms with Gasteiger partial charge in [0, 0.05) is 30.1 Å². The van der Waals surface area contributed by atoms with Crippen LogP contribution in [-0.2, 0) is 6.54 Å². The molecule has 0 fully saturated rings. The molecule has 2 aromatic heterocycles. The molecule has 0 saturated heterocycles. The molecule has 0 saturated carbocycles. The molecular weight excluding hydrogens is 238 g/mol. The molecule has 0 bridgehead atoms. The van der Waals surface area contributed by atoms with E-state index in [2.05, 4.69) is 4.98 Å². The van der Waals surface area contributed by atoms with Crippen molar-refractivity contribution in [2.45, 2.75) is 20.4 Å². The second-order valence-corrected chi connectivity index (χ2v) is 4.53. The van der Waals surface area contributed by atoms with Crippen LogP contribution in [-0.4, -0.2) is 14.0 Å². The Bertz CT molecular complexity index is 784. The first-order chi connectivity index (χ1) is 9.20. The Kier molecular flexibility index (Phi) is 2.71. The van der Waals surface area contributed by atoms with Crippen molar-refractivity contribution in [1.29, 1.82) is 0 Å². The molecule has 96 valence electrons. The van der Waals surface area contributed by atoms with Crippen molar-refractivity contribution in [3.8, 4) is 11.3 Å². The van der Waals surface area contributed by atoms with E-state index < -0.39 is 0 Å². The fourth-order valence-electron chi connectivity index (χ4n) is 2.35. The maximum absolute atomic E-state index is 12.0. The molecule has 0 spiro atoms. The van der Waals surface area contributed by atoms with Crippen LogP contribution in [0.3, 0.4) is 0 Å². The third-order valence-corrected chi connectivity index (χ3v) is 3.31. The van der Waals surface area contributed by atoms with Crippen molar-refractivity contribution in [3.05, 3.63) is 58.6 Å². The minimum absolute atomic E-state index is 0.0353. The van der Waals surface area contributed by atoms with E-state index in [1.165, 1.54) is 0 Å². The summed E-state index contributed by atoms with van der Waals surface area (Å²) < 4.78 is 3.65. The van der Waals surface area contributed by atoms with E-state index in [1.54, 1.807) is 16.7 Å². The van der Waals surface area contributed by atoms with Gasteiger partial charge in [-0.15, -0.1) is 0 Å². The minimum Gasteiger partial charge on any atom is -0.316 e. The van der Waals surface area contributed by atoms with Gasteiger partial charge in [-0.1, -0.05) is 30.3 Å². The van der Waals surface area contributed by atoms with E-state index in [0.717, 1.165) is 23.5 Å². The van der Waals surface area contributed by atoms with Gasteiger partial charge in [0.25, 0.3) is 5.56 Å². The maximum atomic E-state index is 12.0. The van der Waals surface area contributed by atoms with Crippen LogP contribution in [0.2, 0.25) is 0 Å². The Morgan fingerprint density at radius 1 is 1.21 bits per heavy atom. The molecule has 4 nitrogen and oxygen atoms in total. The number of hydrogen-bond acceptors (Lipinski definition) is 2. The third kappa shape index (κ3) is 1.85. The van der Waals surface area contributed by atoms with Crippen molar-refractivity contribution in [2.24, 2.45) is 0 Å². The van der Waals surface area contributed by atoms with E-state index in [9.17, 15) is 4.79 Å². The fraction of sp³-hybridized carbons (Fsp3) is 0.200. The third-order valence-electron chi connectivity index (χ3n) is 3.31. The number of hydrogen-bond donors (Lipinski definition) is 0. The number of fused-ring (bicyclic) bond motifs is 1. The summed E-state index contributed by atoms with van der Waals surface area (Å²) in [7, 11) is 0. The maximum Gasteiger partial charge on any atom is 0.259 e. The summed E-state index contributed by atoms with van der Waals surface area (Å²) in [6.07, 6.45) is 1.80. The van der Waals surface area contributed by atoms with Gasteiger partial charge in [-0.3, -0.25) is 9.20 Å². The summed E-state index contributed by atoms with van der Waals surface area (Å²) in [5, 5.41) is 0. The molecule has 0 N–H and O–H groups in total. The fourth-order valence-corrected chi connectivity index (χ4v) is 2.35. The van der Waals surface area contributed by atoms with Crippen LogP contribution in [0.4, 0.5) is 0 Å². The SMILES string of the molecule is CCn1c(C)cc(=O)n2cc(-c3ccccc3)nc12. The predicted octanol–water partition coefficient (Wildman–Crippen LogP) is 2.49. The Labute approximate surface area is 111 Å². The summed E-state index contributed by atoms with van der Waals surface area (Å²) in [5.41, 5.74) is 2.74. The molecule has 0 atom stereocenters. The van der Waals surface area contributed by atoms with Gasteiger partial charge in [0.2, 0.25) is 5.78 Å². The zero-order chi connectivity index (χ0) is 13.4. The second kappa shape index (κ2) is 4.39. The van der Waals surface area contributed by atoms with E-state index in [0.29, 0.717) is 5.78 Å². The average molecular weight is 253 g/mol. The van der Waals surface area contributed by atoms with Gasteiger partial charge in [-0.25, -0.2) is 4.98 Å². The molecule has 3 aromatic rings. The van der Waals surface area contributed by atoms with Crippen molar-refractivity contribution >= 4 is 5.78 Å². The Morgan fingerprint density at radius 3 is 2.63 bits per heavy atom. The van der Waals surface area contributed by atoms with Crippen LogP contribution < -0.4 is 5.56 Å². The normalized spacial score (nSPS) is 11.1. The lowest BCUT2D eigenvalue weighted by molar-refractivity contribution is 0.721. The standard InChI is InChI=1S/C15H15N3O/c1-3-17-11(2)9-14(19)18-10-13(16-15(17)18)12-7-5-4-6-8-12/h4-10H,3H2,1-2H3. The van der Waals surface area contributed by atoms with E-state index >= 15 is 0 Å². The number of aryl methyl sites for hydroxylation is 2. The van der Waals surface area contributed by atoms with E-state index in [4.69, 9.17) is 0 Å². The summed E-state index contributed by atoms with van der Waals surface area (Å²) in [4.78, 5) is 16.6. The molecular formula is C15H15N3O. The molecule has 4 heteroatoms. The van der Waals surface area contributed by atoms with Crippen molar-refractivity contribution in [2.75, 3.05) is 0 Å². The Morgan fingerprint density at radius 2 is 1.95 bits per heavy atom. The van der Waals surface area contributed by atoms with Gasteiger partial charge in [0.1, 0.15) is 0 Å². The van der Waals surface area contributed by atoms with Crippen LogP contribution in [0.1, 0.15) is 12.6 Å². The minimum atomic E-state index is -0.0353. The molecule has 0 unspecified atom stereocenters. The number of aromatic nitrogens is 3. The second-order valence-electron chi connectivity index (χ2n) is 4.53. The van der Waals surface area contributed by atoms with Gasteiger partial charge >= 0.3 is 0 Å². The number of rotatable bonds is 2. The first-order valence-electron chi connectivity index (χ1n) is 6.35. The van der Waals surface area contributed by atoms with E-state index in [-0.39, 0.29) is 5.56 Å². The quantitative estimate of drug-likeness (QED) is 0.704. The lowest BCUT2D eigenvalue weighted by Crippen LogP contribution is -2.18. The molecule has 0 aliphatic heterocycles. The molecule has 19 heavy (non-hydrogen) atoms. The largest absolute Gasteiger partial charge is 0.316 e. The van der Waals surface area contributed by atoms with Crippen molar-refractivity contribution in [1.82, 2.24) is 14.0 Å². The monoisotopic (exact) mass is 253 g/mol. The Balaban J connectivity index is 2.32. The summed E-state index contributed by atoms with van der Waals surface area (Å²) in [5.74, 6) is 0.700. The van der Waals surface area contributed by atoms with Gasteiger partial charge in [-0.05, 0) is 13.8 Å². The van der Waals surface area contributed by atoms with E-state index in [1.807, 2.05) is 48.7 Å². The topological polar surface area (TPSA) is 39.3 Å². The molecule has 0 radical (unpaired) electrons. The van der Waals surface area contributed by atoms with Gasteiger partial charge < -0.3 is 4.57 Å². The highest BCUT2D eigenvalue weighted by Gasteiger charge is 2.10. The predicted molar refractivity (Wildman–Crippen MR) is 75.3 cm³/mol. The number of benzene rings is 1. The van der Waals surface area contributed by atoms with Crippen LogP contribution in [0, 0.1) is 6.92 Å². The van der Waals surface area contributed by atoms with Gasteiger partial charge in [-0.2, -0.15) is 0 Å². The molecule has 2 heterocycles. The van der Waals surface area contributed by atoms with Gasteiger partial charge in [0.15, 0.2) is 0 Å². The van der Waals surface area contributed by atoms with Crippen molar-refractivity contribution in [3.63, 3.8) is 0 Å². The smallest absolute Gasteiger partial charge is 0.259 e. The average Bonchev–Trinajstić information content (AvgIpc) is 2.85. The first kappa shape index (κ1) is 11.7. The summed E-state index contributed by atoms with van der Waals surface area (Å²) in [6.45, 7) is 4.77. The molecule has 0 amide bonds. The summed E-state index contributed by atoms with van der Waals surface area (Å²) in [6, 6.07) is 11.5.